The fraction of sp³-hybridized carbons (Fsp3) is 0.625. The lowest BCUT2D eigenvalue weighted by Crippen LogP contribution is -2.43. The number of aryl methyl sites for hydroxylation is 1. The first kappa shape index (κ1) is 17.5. The van der Waals surface area contributed by atoms with E-state index in [2.05, 4.69) is 10.2 Å². The largest absolute Gasteiger partial charge is 0.493 e. The fourth-order valence-electron chi connectivity index (χ4n) is 2.88. The van der Waals surface area contributed by atoms with Gasteiger partial charge in [-0.15, -0.1) is 0 Å². The van der Waals surface area contributed by atoms with Crippen LogP contribution in [0.4, 0.5) is 5.69 Å². The van der Waals surface area contributed by atoms with Crippen LogP contribution in [0.3, 0.4) is 0 Å². The van der Waals surface area contributed by atoms with Gasteiger partial charge < -0.3 is 19.7 Å². The number of nitrogens with one attached hydrogen (secondary N) is 1. The van der Waals surface area contributed by atoms with Gasteiger partial charge >= 0.3 is 5.69 Å². The Morgan fingerprint density at radius 2 is 1.96 bits per heavy atom. The van der Waals surface area contributed by atoms with Crippen molar-refractivity contribution in [3.05, 3.63) is 27.8 Å². The summed E-state index contributed by atoms with van der Waals surface area (Å²) in [6, 6.07) is 3.42. The second-order valence-electron chi connectivity index (χ2n) is 5.66. The van der Waals surface area contributed by atoms with E-state index >= 15 is 0 Å². The molecule has 0 spiro atoms. The third kappa shape index (κ3) is 4.80. The standard InChI is InChI=1S/C16H25N3O4/c1-22-15-12-13(11-14(19(20)21)16(15)23-2)5-3-4-8-18-9-6-17-7-10-18/h11-12,17H,3-10H2,1-2H3. The van der Waals surface area contributed by atoms with Gasteiger partial charge in [0.05, 0.1) is 19.1 Å². The normalized spacial score (nSPS) is 15.4. The molecule has 0 bridgehead atoms. The van der Waals surface area contributed by atoms with E-state index in [9.17, 15) is 10.1 Å². The Morgan fingerprint density at radius 3 is 2.57 bits per heavy atom. The van der Waals surface area contributed by atoms with Crippen molar-refractivity contribution in [2.45, 2.75) is 19.3 Å². The van der Waals surface area contributed by atoms with Crippen molar-refractivity contribution in [2.24, 2.45) is 0 Å². The minimum Gasteiger partial charge on any atom is -0.493 e. The predicted molar refractivity (Wildman–Crippen MR) is 88.4 cm³/mol. The van der Waals surface area contributed by atoms with Crippen molar-refractivity contribution >= 4 is 5.69 Å². The molecule has 0 unspecified atom stereocenters. The van der Waals surface area contributed by atoms with Gasteiger partial charge in [0.1, 0.15) is 0 Å². The molecule has 0 aromatic heterocycles. The van der Waals surface area contributed by atoms with Crippen LogP contribution in [-0.2, 0) is 6.42 Å². The molecule has 23 heavy (non-hydrogen) atoms. The number of nitro benzene ring substituents is 1. The molecule has 7 nitrogen and oxygen atoms in total. The van der Waals surface area contributed by atoms with Gasteiger partial charge in [-0.1, -0.05) is 0 Å². The Morgan fingerprint density at radius 1 is 1.22 bits per heavy atom. The molecular formula is C16H25N3O4. The number of nitrogens with zero attached hydrogens (tertiary/aromatic N) is 2. The van der Waals surface area contributed by atoms with Gasteiger partial charge in [-0.25, -0.2) is 0 Å². The van der Waals surface area contributed by atoms with E-state index in [1.54, 1.807) is 6.07 Å². The van der Waals surface area contributed by atoms with Gasteiger partial charge in [0.2, 0.25) is 5.75 Å². The molecule has 1 fully saturated rings. The van der Waals surface area contributed by atoms with E-state index in [0.29, 0.717) is 5.75 Å². The van der Waals surface area contributed by atoms with Crippen LogP contribution in [0.25, 0.3) is 0 Å². The molecule has 0 atom stereocenters. The summed E-state index contributed by atoms with van der Waals surface area (Å²) in [6.07, 6.45) is 2.88. The topological polar surface area (TPSA) is 76.9 Å². The molecule has 1 aliphatic rings. The Hall–Kier alpha value is -1.86. The zero-order valence-electron chi connectivity index (χ0n) is 13.8. The van der Waals surface area contributed by atoms with Crippen molar-refractivity contribution in [1.29, 1.82) is 0 Å². The molecule has 2 rings (SSSR count). The summed E-state index contributed by atoms with van der Waals surface area (Å²) in [6.45, 7) is 5.39. The van der Waals surface area contributed by atoms with Crippen molar-refractivity contribution in [3.63, 3.8) is 0 Å². The number of ether oxygens (including phenoxy) is 2. The van der Waals surface area contributed by atoms with Crippen molar-refractivity contribution in [2.75, 3.05) is 46.9 Å². The van der Waals surface area contributed by atoms with Crippen LogP contribution in [0.5, 0.6) is 11.5 Å². The number of rotatable bonds is 8. The molecule has 1 heterocycles. The van der Waals surface area contributed by atoms with Crippen molar-refractivity contribution in [3.8, 4) is 11.5 Å². The van der Waals surface area contributed by atoms with Crippen LogP contribution >= 0.6 is 0 Å². The summed E-state index contributed by atoms with van der Waals surface area (Å²) in [5, 5.41) is 14.5. The maximum Gasteiger partial charge on any atom is 0.315 e. The van der Waals surface area contributed by atoms with Crippen LogP contribution in [0.2, 0.25) is 0 Å². The fourth-order valence-corrected chi connectivity index (χ4v) is 2.88. The SMILES string of the molecule is COc1cc(CCCCN2CCNCC2)cc([N+](=O)[O-])c1OC. The number of methoxy groups -OCH3 is 2. The van der Waals surface area contributed by atoms with E-state index in [0.717, 1.165) is 57.5 Å². The predicted octanol–water partition coefficient (Wildman–Crippen LogP) is 1.84. The molecule has 0 aliphatic carbocycles. The number of nitro groups is 1. The van der Waals surface area contributed by atoms with E-state index in [4.69, 9.17) is 9.47 Å². The monoisotopic (exact) mass is 323 g/mol. The maximum atomic E-state index is 11.2. The van der Waals surface area contributed by atoms with E-state index in [1.165, 1.54) is 14.2 Å². The van der Waals surface area contributed by atoms with Crippen LogP contribution in [0.1, 0.15) is 18.4 Å². The highest BCUT2D eigenvalue weighted by molar-refractivity contribution is 5.58. The smallest absolute Gasteiger partial charge is 0.315 e. The molecule has 1 saturated heterocycles. The molecule has 1 aliphatic heterocycles. The van der Waals surface area contributed by atoms with Crippen LogP contribution in [0, 0.1) is 10.1 Å². The molecule has 1 N–H and O–H groups in total. The zero-order valence-corrected chi connectivity index (χ0v) is 13.8. The van der Waals surface area contributed by atoms with E-state index in [1.807, 2.05) is 6.07 Å². The molecule has 1 aromatic carbocycles. The van der Waals surface area contributed by atoms with Crippen molar-refractivity contribution in [1.82, 2.24) is 10.2 Å². The molecular weight excluding hydrogens is 298 g/mol. The molecule has 0 radical (unpaired) electrons. The van der Waals surface area contributed by atoms with Crippen LogP contribution < -0.4 is 14.8 Å². The summed E-state index contributed by atoms with van der Waals surface area (Å²) in [7, 11) is 2.91. The first-order valence-electron chi connectivity index (χ1n) is 7.98. The van der Waals surface area contributed by atoms with Crippen molar-refractivity contribution < 1.29 is 14.4 Å². The first-order chi connectivity index (χ1) is 11.2. The lowest BCUT2D eigenvalue weighted by molar-refractivity contribution is -0.385. The molecule has 7 heteroatoms. The molecule has 1 aromatic rings. The molecule has 128 valence electrons. The number of benzene rings is 1. The second kappa shape index (κ2) is 8.69. The highest BCUT2D eigenvalue weighted by atomic mass is 16.6. The van der Waals surface area contributed by atoms with Gasteiger partial charge in [-0.3, -0.25) is 10.1 Å². The zero-order chi connectivity index (χ0) is 16.7. The number of unbranched alkanes of at least 4 members (excludes halogenated alkanes) is 1. The van der Waals surface area contributed by atoms with Crippen LogP contribution in [-0.4, -0.2) is 56.8 Å². The number of hydrogen-bond acceptors (Lipinski definition) is 6. The Balaban J connectivity index is 1.93. The highest BCUT2D eigenvalue weighted by Gasteiger charge is 2.21. The average molecular weight is 323 g/mol. The number of piperazine rings is 1. The average Bonchev–Trinajstić information content (AvgIpc) is 2.58. The second-order valence-corrected chi connectivity index (χ2v) is 5.66. The van der Waals surface area contributed by atoms with Gasteiger partial charge in [-0.2, -0.15) is 0 Å². The minimum atomic E-state index is -0.425. The number of hydrogen-bond donors (Lipinski definition) is 1. The maximum absolute atomic E-state index is 11.2. The summed E-state index contributed by atoms with van der Waals surface area (Å²) in [5.41, 5.74) is 0.874. The summed E-state index contributed by atoms with van der Waals surface area (Å²) >= 11 is 0. The lowest BCUT2D eigenvalue weighted by atomic mass is 10.1. The summed E-state index contributed by atoms with van der Waals surface area (Å²) in [4.78, 5) is 13.2. The lowest BCUT2D eigenvalue weighted by Gasteiger charge is -2.27. The van der Waals surface area contributed by atoms with E-state index in [-0.39, 0.29) is 11.4 Å². The third-order valence-corrected chi connectivity index (χ3v) is 4.12. The summed E-state index contributed by atoms with van der Waals surface area (Å²) < 4.78 is 10.3. The van der Waals surface area contributed by atoms with Gasteiger partial charge in [0.25, 0.3) is 0 Å². The Kier molecular flexibility index (Phi) is 6.61. The van der Waals surface area contributed by atoms with Gasteiger partial charge in [0, 0.05) is 32.2 Å². The van der Waals surface area contributed by atoms with Gasteiger partial charge in [0.15, 0.2) is 5.75 Å². The quantitative estimate of drug-likeness (QED) is 0.447. The minimum absolute atomic E-state index is 0.0380. The Bertz CT molecular complexity index is 530. The molecule has 0 amide bonds. The Labute approximate surface area is 136 Å². The van der Waals surface area contributed by atoms with Crippen LogP contribution in [0.15, 0.2) is 12.1 Å². The first-order valence-corrected chi connectivity index (χ1v) is 7.98. The van der Waals surface area contributed by atoms with E-state index < -0.39 is 4.92 Å². The highest BCUT2D eigenvalue weighted by Crippen LogP contribution is 2.38. The summed E-state index contributed by atoms with van der Waals surface area (Å²) in [5.74, 6) is 0.598. The third-order valence-electron chi connectivity index (χ3n) is 4.12. The molecule has 0 saturated carbocycles. The van der Waals surface area contributed by atoms with Gasteiger partial charge in [-0.05, 0) is 37.4 Å².